The van der Waals surface area contributed by atoms with Crippen LogP contribution in [0.25, 0.3) is 11.1 Å². The third kappa shape index (κ3) is 5.75. The molecule has 1 aliphatic heterocycles. The average Bonchev–Trinajstić information content (AvgIpc) is 3.29. The van der Waals surface area contributed by atoms with Crippen molar-refractivity contribution in [1.82, 2.24) is 10.6 Å². The molecule has 190 valence electrons. The molecule has 1 aliphatic rings. The monoisotopic (exact) mass is 500 g/mol. The van der Waals surface area contributed by atoms with Gasteiger partial charge in [0.25, 0.3) is 5.91 Å². The van der Waals surface area contributed by atoms with Crippen molar-refractivity contribution in [3.8, 4) is 35.0 Å². The molecule has 0 spiro atoms. The van der Waals surface area contributed by atoms with Gasteiger partial charge in [0.15, 0.2) is 0 Å². The smallest absolute Gasteiger partial charge is 0.251 e. The molecule has 1 heterocycles. The van der Waals surface area contributed by atoms with Crippen molar-refractivity contribution in [2.45, 2.75) is 25.9 Å². The zero-order valence-corrected chi connectivity index (χ0v) is 21.0. The van der Waals surface area contributed by atoms with Crippen LogP contribution in [0.3, 0.4) is 0 Å². The highest BCUT2D eigenvalue weighted by molar-refractivity contribution is 5.96. The first-order chi connectivity index (χ1) is 17.8. The fourth-order valence-electron chi connectivity index (χ4n) is 4.30. The minimum Gasteiger partial charge on any atom is -0.484 e. The van der Waals surface area contributed by atoms with Gasteiger partial charge < -0.3 is 20.1 Å². The lowest BCUT2D eigenvalue weighted by molar-refractivity contribution is -0.123. The summed E-state index contributed by atoms with van der Waals surface area (Å²) < 4.78 is 25.3. The summed E-state index contributed by atoms with van der Waals surface area (Å²) in [6.45, 7) is 4.64. The van der Waals surface area contributed by atoms with Crippen LogP contribution in [0.15, 0.2) is 60.7 Å². The number of carbonyl (C=O) groups is 2. The van der Waals surface area contributed by atoms with Crippen LogP contribution in [0, 0.1) is 24.1 Å². The van der Waals surface area contributed by atoms with E-state index in [4.69, 9.17) is 15.9 Å². The second-order valence-electron chi connectivity index (χ2n) is 9.28. The number of fused-ring (bicyclic) bond motifs is 1. The van der Waals surface area contributed by atoms with Crippen LogP contribution in [-0.4, -0.2) is 32.0 Å². The van der Waals surface area contributed by atoms with Crippen molar-refractivity contribution < 1.29 is 23.5 Å². The number of ether oxygens (including phenoxy) is 2. The van der Waals surface area contributed by atoms with Gasteiger partial charge in [0.05, 0.1) is 0 Å². The maximum Gasteiger partial charge on any atom is 0.251 e. The maximum atomic E-state index is 13.5. The van der Waals surface area contributed by atoms with Crippen LogP contribution in [0.4, 0.5) is 4.39 Å². The van der Waals surface area contributed by atoms with Crippen molar-refractivity contribution in [3.05, 3.63) is 83.2 Å². The Kier molecular flexibility index (Phi) is 7.78. The molecule has 2 amide bonds. The number of amides is 2. The van der Waals surface area contributed by atoms with E-state index in [9.17, 15) is 14.0 Å². The number of likely N-dealkylation sites (N-methyl/N-ethyl adjacent to an activating group) is 1. The second-order valence-corrected chi connectivity index (χ2v) is 9.28. The lowest BCUT2D eigenvalue weighted by Crippen LogP contribution is -2.28. The largest absolute Gasteiger partial charge is 0.484 e. The van der Waals surface area contributed by atoms with Gasteiger partial charge >= 0.3 is 0 Å². The molecule has 0 bridgehead atoms. The zero-order chi connectivity index (χ0) is 26.5. The Bertz CT molecular complexity index is 1340. The topological polar surface area (TPSA) is 76.7 Å². The normalized spacial score (nSPS) is 15.9. The number of nitrogens with one attached hydrogen (secondary N) is 2. The predicted octanol–water partition coefficient (Wildman–Crippen LogP) is 4.85. The molecule has 2 unspecified atom stereocenters. The highest BCUT2D eigenvalue weighted by atomic mass is 19.1. The minimum atomic E-state index is -0.639. The summed E-state index contributed by atoms with van der Waals surface area (Å²) in [7, 11) is 1.57. The van der Waals surface area contributed by atoms with Gasteiger partial charge in [-0.05, 0) is 65.1 Å². The van der Waals surface area contributed by atoms with E-state index in [1.807, 2.05) is 26.0 Å². The number of benzene rings is 3. The first kappa shape index (κ1) is 25.8. The van der Waals surface area contributed by atoms with Crippen LogP contribution < -0.4 is 20.1 Å². The molecule has 3 aromatic rings. The van der Waals surface area contributed by atoms with E-state index in [0.29, 0.717) is 40.7 Å². The van der Waals surface area contributed by atoms with Crippen LogP contribution in [-0.2, 0) is 4.79 Å². The Morgan fingerprint density at radius 1 is 1.08 bits per heavy atom. The molecule has 2 atom stereocenters. The lowest BCUT2D eigenvalue weighted by atomic mass is 9.88. The molecule has 7 heteroatoms. The molecular weight excluding hydrogens is 471 g/mol. The Morgan fingerprint density at radius 2 is 1.84 bits per heavy atom. The molecule has 4 rings (SSSR count). The number of rotatable bonds is 8. The molecule has 0 fully saturated rings. The van der Waals surface area contributed by atoms with Crippen molar-refractivity contribution in [1.29, 1.82) is 0 Å². The summed E-state index contributed by atoms with van der Waals surface area (Å²) >= 11 is 0. The van der Waals surface area contributed by atoms with E-state index in [1.54, 1.807) is 43.4 Å². The minimum absolute atomic E-state index is 0.0621. The van der Waals surface area contributed by atoms with Gasteiger partial charge in [-0.1, -0.05) is 38.0 Å². The first-order valence-electron chi connectivity index (χ1n) is 12.1. The van der Waals surface area contributed by atoms with Gasteiger partial charge in [0.1, 0.15) is 35.9 Å². The van der Waals surface area contributed by atoms with Crippen LogP contribution in [0.2, 0.25) is 0 Å². The van der Waals surface area contributed by atoms with Crippen LogP contribution in [0.5, 0.6) is 11.5 Å². The van der Waals surface area contributed by atoms with E-state index < -0.39 is 12.0 Å². The molecule has 3 aromatic carbocycles. The Labute approximate surface area is 216 Å². The number of terminal acetylenes is 1. The number of hydrogen-bond acceptors (Lipinski definition) is 4. The Morgan fingerprint density at radius 3 is 2.51 bits per heavy atom. The number of carbonyl (C=O) groups excluding carboxylic acids is 2. The second kappa shape index (κ2) is 11.2. The first-order valence-corrected chi connectivity index (χ1v) is 12.1. The standard InChI is InChI=1S/C30H29FN2O4/c1-5-12-36-24-14-21(13-22(15-24)29(34)33-17-18(2)3)20-8-11-26-25(16-20)27(30(35)32-4)28(37-26)19-6-9-23(31)10-7-19/h1,6-11,13-16,18,27-28H,12,17H2,2-4H3,(H,32,35)(H,33,34). The summed E-state index contributed by atoms with van der Waals surface area (Å²) in [5, 5.41) is 5.64. The van der Waals surface area contributed by atoms with E-state index in [0.717, 1.165) is 11.1 Å². The van der Waals surface area contributed by atoms with Gasteiger partial charge in [-0.3, -0.25) is 9.59 Å². The van der Waals surface area contributed by atoms with E-state index in [2.05, 4.69) is 16.6 Å². The van der Waals surface area contributed by atoms with E-state index in [-0.39, 0.29) is 24.2 Å². The van der Waals surface area contributed by atoms with Gasteiger partial charge in [-0.15, -0.1) is 6.42 Å². The molecule has 0 aliphatic carbocycles. The summed E-state index contributed by atoms with van der Waals surface area (Å²) in [5.41, 5.74) is 3.34. The summed E-state index contributed by atoms with van der Waals surface area (Å²) in [4.78, 5) is 25.8. The number of halogens is 1. The molecule has 2 N–H and O–H groups in total. The average molecular weight is 501 g/mol. The third-order valence-electron chi connectivity index (χ3n) is 6.12. The SMILES string of the molecule is C#CCOc1cc(C(=O)NCC(C)C)cc(-c2ccc3c(c2)C(C(=O)NC)C(c2ccc(F)cc2)O3)c1. The van der Waals surface area contributed by atoms with Gasteiger partial charge in [0, 0.05) is 24.7 Å². The molecular formula is C30H29FN2O4. The molecule has 0 saturated carbocycles. The Hall–Kier alpha value is -4.31. The van der Waals surface area contributed by atoms with Gasteiger partial charge in [-0.2, -0.15) is 0 Å². The van der Waals surface area contributed by atoms with E-state index in [1.165, 1.54) is 12.1 Å². The fourth-order valence-corrected chi connectivity index (χ4v) is 4.30. The van der Waals surface area contributed by atoms with Crippen molar-refractivity contribution in [2.75, 3.05) is 20.2 Å². The predicted molar refractivity (Wildman–Crippen MR) is 140 cm³/mol. The highest BCUT2D eigenvalue weighted by Gasteiger charge is 2.40. The summed E-state index contributed by atoms with van der Waals surface area (Å²) in [6.07, 6.45) is 4.76. The number of hydrogen-bond donors (Lipinski definition) is 2. The maximum absolute atomic E-state index is 13.5. The highest BCUT2D eigenvalue weighted by Crippen LogP contribution is 2.47. The summed E-state index contributed by atoms with van der Waals surface area (Å²) in [6, 6.07) is 16.7. The van der Waals surface area contributed by atoms with Crippen LogP contribution >= 0.6 is 0 Å². The molecule has 37 heavy (non-hydrogen) atoms. The lowest BCUT2D eigenvalue weighted by Gasteiger charge is -2.18. The summed E-state index contributed by atoms with van der Waals surface area (Å²) in [5.74, 6) is 2.34. The molecule has 0 radical (unpaired) electrons. The molecule has 6 nitrogen and oxygen atoms in total. The quantitative estimate of drug-likeness (QED) is 0.434. The van der Waals surface area contributed by atoms with Crippen molar-refractivity contribution in [2.24, 2.45) is 5.92 Å². The van der Waals surface area contributed by atoms with Crippen molar-refractivity contribution >= 4 is 11.8 Å². The fraction of sp³-hybridized carbons (Fsp3) is 0.267. The van der Waals surface area contributed by atoms with E-state index >= 15 is 0 Å². The molecule has 0 saturated heterocycles. The molecule has 0 aromatic heterocycles. The van der Waals surface area contributed by atoms with Crippen molar-refractivity contribution in [3.63, 3.8) is 0 Å². The third-order valence-corrected chi connectivity index (χ3v) is 6.12. The van der Waals surface area contributed by atoms with Gasteiger partial charge in [0.2, 0.25) is 5.91 Å². The zero-order valence-electron chi connectivity index (χ0n) is 21.0. The Balaban J connectivity index is 1.74. The van der Waals surface area contributed by atoms with Crippen LogP contribution in [0.1, 0.15) is 47.4 Å². The van der Waals surface area contributed by atoms with Gasteiger partial charge in [-0.25, -0.2) is 4.39 Å².